The second kappa shape index (κ2) is 3.03. The van der Waals surface area contributed by atoms with Gasteiger partial charge in [-0.15, -0.1) is 0 Å². The number of rotatable bonds is 0. The highest BCUT2D eigenvalue weighted by molar-refractivity contribution is 5.96. The summed E-state index contributed by atoms with van der Waals surface area (Å²) in [4.78, 5) is 12.3. The van der Waals surface area contributed by atoms with Crippen molar-refractivity contribution in [2.75, 3.05) is 0 Å². The van der Waals surface area contributed by atoms with Crippen molar-refractivity contribution in [3.05, 3.63) is 11.6 Å². The minimum atomic E-state index is -0.263. The molecule has 0 aromatic carbocycles. The van der Waals surface area contributed by atoms with Crippen LogP contribution in [0.3, 0.4) is 0 Å². The molecule has 0 aromatic rings. The van der Waals surface area contributed by atoms with E-state index in [0.29, 0.717) is 17.6 Å². The van der Waals surface area contributed by atoms with Gasteiger partial charge in [-0.1, -0.05) is 26.3 Å². The van der Waals surface area contributed by atoms with Crippen LogP contribution < -0.4 is 0 Å². The molecule has 2 fully saturated rings. The zero-order valence-corrected chi connectivity index (χ0v) is 11.2. The molecule has 4 rings (SSSR count). The van der Waals surface area contributed by atoms with Crippen molar-refractivity contribution >= 4 is 5.78 Å². The molecular weight excluding hydrogens is 212 g/mol. The Morgan fingerprint density at radius 2 is 1.94 bits per heavy atom. The second-order valence-corrected chi connectivity index (χ2v) is 7.15. The summed E-state index contributed by atoms with van der Waals surface area (Å²) in [5.74, 6) is 1.32. The van der Waals surface area contributed by atoms with Crippen LogP contribution in [0.1, 0.15) is 40.5 Å². The molecule has 4 aliphatic carbocycles. The number of aliphatic hydroxyl groups is 1. The van der Waals surface area contributed by atoms with Crippen molar-refractivity contribution in [3.8, 4) is 0 Å². The number of hydrogen-bond donors (Lipinski definition) is 1. The number of fused-ring (bicyclic) bond motifs is 1. The third kappa shape index (κ3) is 1.13. The first-order chi connectivity index (χ1) is 7.80. The smallest absolute Gasteiger partial charge is 0.159 e. The van der Waals surface area contributed by atoms with E-state index in [1.165, 1.54) is 5.57 Å². The third-order valence-electron chi connectivity index (χ3n) is 5.98. The van der Waals surface area contributed by atoms with E-state index in [2.05, 4.69) is 27.7 Å². The summed E-state index contributed by atoms with van der Waals surface area (Å²) in [6.07, 6.45) is 3.41. The van der Waals surface area contributed by atoms with Gasteiger partial charge in [0, 0.05) is 5.92 Å². The van der Waals surface area contributed by atoms with Crippen molar-refractivity contribution in [1.82, 2.24) is 0 Å². The molecule has 0 heterocycles. The maximum absolute atomic E-state index is 12.3. The highest BCUT2D eigenvalue weighted by atomic mass is 16.3. The van der Waals surface area contributed by atoms with Gasteiger partial charge in [-0.25, -0.2) is 0 Å². The Morgan fingerprint density at radius 3 is 2.53 bits per heavy atom. The lowest BCUT2D eigenvalue weighted by Gasteiger charge is -2.65. The predicted octanol–water partition coefficient (Wildman–Crippen LogP) is 2.56. The van der Waals surface area contributed by atoms with Crippen molar-refractivity contribution in [2.24, 2.45) is 28.6 Å². The Labute approximate surface area is 103 Å². The lowest BCUT2D eigenvalue weighted by atomic mass is 9.38. The van der Waals surface area contributed by atoms with Crippen LogP contribution in [0.2, 0.25) is 0 Å². The number of carbonyl (C=O) groups is 1. The maximum atomic E-state index is 12.3. The molecule has 2 saturated carbocycles. The van der Waals surface area contributed by atoms with Gasteiger partial charge in [0.15, 0.2) is 5.78 Å². The van der Waals surface area contributed by atoms with Gasteiger partial charge in [-0.2, -0.15) is 0 Å². The van der Waals surface area contributed by atoms with E-state index in [0.717, 1.165) is 12.8 Å². The molecule has 0 amide bonds. The Balaban J connectivity index is 2.14. The molecule has 0 aromatic heterocycles. The zero-order chi connectivity index (χ0) is 12.6. The van der Waals surface area contributed by atoms with Crippen LogP contribution in [0.5, 0.6) is 0 Å². The number of ketones is 1. The molecule has 5 atom stereocenters. The molecule has 0 unspecified atom stereocenters. The number of carbonyl (C=O) groups excluding carboxylic acids is 1. The Kier molecular flexibility index (Phi) is 2.04. The first-order valence-electron chi connectivity index (χ1n) is 6.70. The number of allylic oxidation sites excluding steroid dienone is 2. The van der Waals surface area contributed by atoms with Crippen LogP contribution in [0.15, 0.2) is 11.6 Å². The van der Waals surface area contributed by atoms with E-state index in [1.807, 2.05) is 6.08 Å². The first-order valence-corrected chi connectivity index (χ1v) is 6.70. The van der Waals surface area contributed by atoms with E-state index in [1.54, 1.807) is 0 Å². The highest BCUT2D eigenvalue weighted by Gasteiger charge is 2.69. The van der Waals surface area contributed by atoms with E-state index >= 15 is 0 Å². The summed E-state index contributed by atoms with van der Waals surface area (Å²) in [6.45, 7) is 8.62. The molecule has 2 nitrogen and oxygen atoms in total. The summed E-state index contributed by atoms with van der Waals surface area (Å²) < 4.78 is 0. The van der Waals surface area contributed by atoms with Crippen molar-refractivity contribution in [1.29, 1.82) is 0 Å². The van der Waals surface area contributed by atoms with Gasteiger partial charge in [-0.3, -0.25) is 4.79 Å². The average molecular weight is 234 g/mol. The monoisotopic (exact) mass is 234 g/mol. The molecule has 1 N–H and O–H groups in total. The maximum Gasteiger partial charge on any atom is 0.159 e. The van der Waals surface area contributed by atoms with Gasteiger partial charge >= 0.3 is 0 Å². The van der Waals surface area contributed by atoms with Gasteiger partial charge in [0.2, 0.25) is 0 Å². The van der Waals surface area contributed by atoms with E-state index in [4.69, 9.17) is 0 Å². The molecule has 4 aliphatic rings. The van der Waals surface area contributed by atoms with Crippen LogP contribution in [0.4, 0.5) is 0 Å². The number of hydrogen-bond acceptors (Lipinski definition) is 2. The van der Waals surface area contributed by atoms with Gasteiger partial charge in [0.25, 0.3) is 0 Å². The summed E-state index contributed by atoms with van der Waals surface area (Å²) >= 11 is 0. The van der Waals surface area contributed by atoms with Gasteiger partial charge in [0.05, 0.1) is 6.10 Å². The molecule has 17 heavy (non-hydrogen) atoms. The van der Waals surface area contributed by atoms with Crippen LogP contribution in [0.25, 0.3) is 0 Å². The van der Waals surface area contributed by atoms with Gasteiger partial charge in [-0.05, 0) is 48.5 Å². The van der Waals surface area contributed by atoms with Crippen molar-refractivity contribution in [3.63, 3.8) is 0 Å². The Morgan fingerprint density at radius 1 is 1.29 bits per heavy atom. The molecule has 4 bridgehead atoms. The molecule has 0 aliphatic heterocycles. The molecule has 0 radical (unpaired) electrons. The zero-order valence-electron chi connectivity index (χ0n) is 11.2. The standard InChI is InChI=1S/C15H22O2/c1-8-7-9(16)12-13-11(8)15(12,4)6-5-10(17)14(13,2)3/h7,10-13,17H,5-6H2,1-4H3/t10-,11-,12+,13-,15+/m1/s1. The fourth-order valence-corrected chi connectivity index (χ4v) is 5.01. The van der Waals surface area contributed by atoms with Crippen LogP contribution >= 0.6 is 0 Å². The van der Waals surface area contributed by atoms with E-state index < -0.39 is 0 Å². The molecule has 0 saturated heterocycles. The molecule has 0 spiro atoms. The Hall–Kier alpha value is -0.630. The minimum absolute atomic E-state index is 0.120. The fraction of sp³-hybridized carbons (Fsp3) is 0.800. The lowest BCUT2D eigenvalue weighted by molar-refractivity contribution is -0.170. The largest absolute Gasteiger partial charge is 0.393 e. The summed E-state index contributed by atoms with van der Waals surface area (Å²) in [6, 6.07) is 0. The first kappa shape index (κ1) is 11.5. The molecule has 2 heteroatoms. The highest BCUT2D eigenvalue weighted by Crippen LogP contribution is 2.71. The van der Waals surface area contributed by atoms with Crippen LogP contribution in [-0.2, 0) is 4.79 Å². The van der Waals surface area contributed by atoms with Crippen molar-refractivity contribution < 1.29 is 9.90 Å². The summed E-state index contributed by atoms with van der Waals surface area (Å²) in [7, 11) is 0. The van der Waals surface area contributed by atoms with Gasteiger partial charge < -0.3 is 5.11 Å². The normalized spacial score (nSPS) is 51.4. The topological polar surface area (TPSA) is 37.3 Å². The summed E-state index contributed by atoms with van der Waals surface area (Å²) in [5.41, 5.74) is 1.23. The second-order valence-electron chi connectivity index (χ2n) is 7.15. The molecular formula is C15H22O2. The summed E-state index contributed by atoms with van der Waals surface area (Å²) in [5, 5.41) is 10.3. The molecule has 94 valence electrons. The van der Waals surface area contributed by atoms with Gasteiger partial charge in [0.1, 0.15) is 0 Å². The van der Waals surface area contributed by atoms with E-state index in [-0.39, 0.29) is 22.9 Å². The third-order valence-corrected chi connectivity index (χ3v) is 5.98. The lowest BCUT2D eigenvalue weighted by Crippen LogP contribution is -2.64. The predicted molar refractivity (Wildman–Crippen MR) is 66.4 cm³/mol. The van der Waals surface area contributed by atoms with E-state index in [9.17, 15) is 9.90 Å². The van der Waals surface area contributed by atoms with Crippen LogP contribution in [-0.4, -0.2) is 17.0 Å². The quantitative estimate of drug-likeness (QED) is 0.699. The fourth-order valence-electron chi connectivity index (χ4n) is 5.01. The van der Waals surface area contributed by atoms with Crippen molar-refractivity contribution in [2.45, 2.75) is 46.6 Å². The van der Waals surface area contributed by atoms with Crippen LogP contribution in [0, 0.1) is 28.6 Å². The average Bonchev–Trinajstić information content (AvgIpc) is 2.32. The SMILES string of the molecule is CC1=CC(=O)[C@H]2[C@H]3[C@@H]1[C@]2(C)CC[C@@H](O)C3(C)C. The Bertz CT molecular complexity index is 421. The minimum Gasteiger partial charge on any atom is -0.393 e. The number of aliphatic hydroxyl groups excluding tert-OH is 1.